The Morgan fingerprint density at radius 1 is 0.886 bits per heavy atom. The van der Waals surface area contributed by atoms with Gasteiger partial charge in [0.15, 0.2) is 6.79 Å². The van der Waals surface area contributed by atoms with Crippen LogP contribution < -0.4 is 5.32 Å². The van der Waals surface area contributed by atoms with Gasteiger partial charge in [0.25, 0.3) is 0 Å². The molecule has 0 aliphatic heterocycles. The van der Waals surface area contributed by atoms with E-state index in [1.54, 1.807) is 30.3 Å². The van der Waals surface area contributed by atoms with Crippen LogP contribution in [0.25, 0.3) is 0 Å². The standard InChI is InChI=1S/C17H17Cl2NO3.C11H22O/c1-3-22-10-23-17(21)12-6-4-5-7-14(12)20-16-13(18)9-8-11(2)15(16)19;1-3-5-7-9-11(12)10-8-6-4-2/h4-9,20H,3,10H2,1-2H3;3-10H2,1-2H3. The molecule has 5 nitrogen and oxygen atoms in total. The molecule has 2 aromatic carbocycles. The minimum Gasteiger partial charge on any atom is -0.435 e. The third-order valence-corrected chi connectivity index (χ3v) is 6.09. The highest BCUT2D eigenvalue weighted by Crippen LogP contribution is 2.36. The van der Waals surface area contributed by atoms with Gasteiger partial charge in [-0.1, -0.05) is 80.9 Å². The molecule has 0 bridgehead atoms. The number of ketones is 1. The lowest BCUT2D eigenvalue weighted by Gasteiger charge is -2.15. The van der Waals surface area contributed by atoms with Gasteiger partial charge in [-0.05, 0) is 50.5 Å². The molecule has 0 aliphatic rings. The molecule has 0 atom stereocenters. The molecule has 0 amide bonds. The van der Waals surface area contributed by atoms with Gasteiger partial charge in [-0.3, -0.25) is 4.79 Å². The molecule has 2 aromatic rings. The fraction of sp³-hybridized carbons (Fsp3) is 0.500. The van der Waals surface area contributed by atoms with Gasteiger partial charge in [0.2, 0.25) is 0 Å². The summed E-state index contributed by atoms with van der Waals surface area (Å²) in [5, 5.41) is 4.10. The molecule has 0 unspecified atom stereocenters. The van der Waals surface area contributed by atoms with Crippen LogP contribution in [0.3, 0.4) is 0 Å². The van der Waals surface area contributed by atoms with Crippen molar-refractivity contribution in [1.29, 1.82) is 0 Å². The van der Waals surface area contributed by atoms with E-state index in [0.29, 0.717) is 39.4 Å². The average molecular weight is 525 g/mol. The van der Waals surface area contributed by atoms with Crippen LogP contribution in [0.2, 0.25) is 10.0 Å². The van der Waals surface area contributed by atoms with Crippen LogP contribution in [0.4, 0.5) is 11.4 Å². The van der Waals surface area contributed by atoms with Crippen LogP contribution in [-0.4, -0.2) is 25.2 Å². The first-order valence-electron chi connectivity index (χ1n) is 12.4. The molecule has 0 radical (unpaired) electrons. The van der Waals surface area contributed by atoms with Gasteiger partial charge in [0, 0.05) is 19.4 Å². The summed E-state index contributed by atoms with van der Waals surface area (Å²) in [6, 6.07) is 10.6. The Balaban J connectivity index is 0.000000434. The number of rotatable bonds is 14. The minimum atomic E-state index is -0.485. The van der Waals surface area contributed by atoms with Crippen LogP contribution in [0.1, 0.15) is 88.1 Å². The Labute approximate surface area is 220 Å². The molecule has 1 N–H and O–H groups in total. The first kappa shape index (κ1) is 31.0. The lowest BCUT2D eigenvalue weighted by molar-refractivity contribution is -0.119. The predicted octanol–water partition coefficient (Wildman–Crippen LogP) is 8.91. The molecule has 2 rings (SSSR count). The van der Waals surface area contributed by atoms with E-state index in [4.69, 9.17) is 32.7 Å². The summed E-state index contributed by atoms with van der Waals surface area (Å²) < 4.78 is 10.1. The molecule has 0 saturated heterocycles. The molecule has 0 aliphatic carbocycles. The van der Waals surface area contributed by atoms with Crippen molar-refractivity contribution in [1.82, 2.24) is 0 Å². The highest BCUT2D eigenvalue weighted by Gasteiger charge is 2.15. The van der Waals surface area contributed by atoms with Gasteiger partial charge < -0.3 is 14.8 Å². The number of unbranched alkanes of at least 4 members (excludes halogenated alkanes) is 4. The van der Waals surface area contributed by atoms with E-state index >= 15 is 0 Å². The number of esters is 1. The molecule has 0 saturated carbocycles. The van der Waals surface area contributed by atoms with E-state index < -0.39 is 5.97 Å². The van der Waals surface area contributed by atoms with Gasteiger partial charge >= 0.3 is 5.97 Å². The SMILES string of the molecule is CCCCCC(=O)CCCCC.CCOCOC(=O)c1ccccc1Nc1c(Cl)ccc(C)c1Cl. The van der Waals surface area contributed by atoms with Crippen LogP contribution in [-0.2, 0) is 14.3 Å². The zero-order chi connectivity index (χ0) is 26.1. The maximum absolute atomic E-state index is 12.2. The smallest absolute Gasteiger partial charge is 0.342 e. The fourth-order valence-electron chi connectivity index (χ4n) is 3.20. The van der Waals surface area contributed by atoms with Crippen molar-refractivity contribution in [2.75, 3.05) is 18.7 Å². The van der Waals surface area contributed by atoms with Crippen molar-refractivity contribution in [3.05, 3.63) is 57.6 Å². The van der Waals surface area contributed by atoms with Crippen molar-refractivity contribution in [3.8, 4) is 0 Å². The number of carbonyl (C=O) groups is 2. The normalized spacial score (nSPS) is 10.3. The summed E-state index contributed by atoms with van der Waals surface area (Å²) in [5.74, 6) is -0.0154. The number of nitrogens with one attached hydrogen (secondary N) is 1. The molecule has 194 valence electrons. The number of anilines is 2. The third kappa shape index (κ3) is 11.9. The highest BCUT2D eigenvalue weighted by atomic mass is 35.5. The average Bonchev–Trinajstić information content (AvgIpc) is 2.85. The van der Waals surface area contributed by atoms with E-state index in [9.17, 15) is 9.59 Å². The van der Waals surface area contributed by atoms with Crippen LogP contribution >= 0.6 is 23.2 Å². The van der Waals surface area contributed by atoms with Crippen molar-refractivity contribution < 1.29 is 19.1 Å². The van der Waals surface area contributed by atoms with Gasteiger partial charge in [-0.25, -0.2) is 4.79 Å². The number of ether oxygens (including phenoxy) is 2. The monoisotopic (exact) mass is 523 g/mol. The molecule has 7 heteroatoms. The fourth-order valence-corrected chi connectivity index (χ4v) is 3.67. The molecular weight excluding hydrogens is 485 g/mol. The van der Waals surface area contributed by atoms with Gasteiger partial charge in [0.1, 0.15) is 5.78 Å². The minimum absolute atomic E-state index is 0.0877. The number of hydrogen-bond donors (Lipinski definition) is 1. The lowest BCUT2D eigenvalue weighted by atomic mass is 10.1. The number of Topliss-reactive ketones (excluding diaryl/α,β-unsaturated/α-hetero) is 1. The molecule has 0 spiro atoms. The van der Waals surface area contributed by atoms with E-state index in [2.05, 4.69) is 19.2 Å². The topological polar surface area (TPSA) is 64.6 Å². The number of para-hydroxylation sites is 1. The second-order valence-electron chi connectivity index (χ2n) is 8.22. The van der Waals surface area contributed by atoms with E-state index in [1.165, 1.54) is 25.7 Å². The number of aryl methyl sites for hydroxylation is 1. The summed E-state index contributed by atoms with van der Waals surface area (Å²) in [6.07, 6.45) is 8.67. The summed E-state index contributed by atoms with van der Waals surface area (Å²) in [4.78, 5) is 23.4. The lowest BCUT2D eigenvalue weighted by Crippen LogP contribution is -2.11. The van der Waals surface area contributed by atoms with Crippen molar-refractivity contribution in [2.45, 2.75) is 79.1 Å². The van der Waals surface area contributed by atoms with Gasteiger partial charge in [-0.2, -0.15) is 0 Å². The van der Waals surface area contributed by atoms with Crippen LogP contribution in [0.5, 0.6) is 0 Å². The van der Waals surface area contributed by atoms with Crippen molar-refractivity contribution in [2.24, 2.45) is 0 Å². The van der Waals surface area contributed by atoms with E-state index in [1.807, 2.05) is 19.9 Å². The molecule has 0 aromatic heterocycles. The van der Waals surface area contributed by atoms with Crippen molar-refractivity contribution >= 4 is 46.3 Å². The first-order chi connectivity index (χ1) is 16.8. The zero-order valence-corrected chi connectivity index (χ0v) is 22.9. The third-order valence-electron chi connectivity index (χ3n) is 5.29. The van der Waals surface area contributed by atoms with Crippen LogP contribution in [0, 0.1) is 6.92 Å². The van der Waals surface area contributed by atoms with Crippen molar-refractivity contribution in [3.63, 3.8) is 0 Å². The summed E-state index contributed by atoms with van der Waals surface area (Å²) in [6.45, 7) is 8.43. The number of halogens is 2. The molecule has 35 heavy (non-hydrogen) atoms. The van der Waals surface area contributed by atoms with Crippen LogP contribution in [0.15, 0.2) is 36.4 Å². The Morgan fingerprint density at radius 3 is 2.11 bits per heavy atom. The predicted molar refractivity (Wildman–Crippen MR) is 146 cm³/mol. The zero-order valence-electron chi connectivity index (χ0n) is 21.4. The van der Waals surface area contributed by atoms with E-state index in [-0.39, 0.29) is 6.79 Å². The van der Waals surface area contributed by atoms with Gasteiger partial charge in [-0.15, -0.1) is 0 Å². The number of carbonyl (C=O) groups excluding carboxylic acids is 2. The number of hydrogen-bond acceptors (Lipinski definition) is 5. The van der Waals surface area contributed by atoms with E-state index in [0.717, 1.165) is 31.2 Å². The summed E-state index contributed by atoms with van der Waals surface area (Å²) in [7, 11) is 0. The Hall–Kier alpha value is -2.08. The second kappa shape index (κ2) is 18.2. The number of benzene rings is 2. The Bertz CT molecular complexity index is 906. The van der Waals surface area contributed by atoms with Gasteiger partial charge in [0.05, 0.1) is 27.0 Å². The Kier molecular flexibility index (Phi) is 16.1. The Morgan fingerprint density at radius 2 is 1.51 bits per heavy atom. The molecular formula is C28H39Cl2NO4. The maximum Gasteiger partial charge on any atom is 0.342 e. The molecule has 0 fully saturated rings. The second-order valence-corrected chi connectivity index (χ2v) is 9.00. The largest absolute Gasteiger partial charge is 0.435 e. The highest BCUT2D eigenvalue weighted by molar-refractivity contribution is 6.39. The summed E-state index contributed by atoms with van der Waals surface area (Å²) >= 11 is 12.5. The summed E-state index contributed by atoms with van der Waals surface area (Å²) in [5.41, 5.74) is 2.37. The quantitative estimate of drug-likeness (QED) is 0.152. The first-order valence-corrected chi connectivity index (χ1v) is 13.2. The molecule has 0 heterocycles. The maximum atomic E-state index is 12.2.